The van der Waals surface area contributed by atoms with Crippen molar-refractivity contribution in [2.45, 2.75) is 76.7 Å². The van der Waals surface area contributed by atoms with E-state index in [9.17, 15) is 18.0 Å². The van der Waals surface area contributed by atoms with Crippen LogP contribution in [0.5, 0.6) is 11.5 Å². The van der Waals surface area contributed by atoms with E-state index >= 15 is 0 Å². The van der Waals surface area contributed by atoms with Crippen molar-refractivity contribution >= 4 is 20.0 Å². The number of likely N-dealkylation sites (tertiary alicyclic amines) is 1. The van der Waals surface area contributed by atoms with Gasteiger partial charge in [0.05, 0.1) is 24.8 Å². The minimum Gasteiger partial charge on any atom is -0.455 e. The fraction of sp³-hybridized carbons (Fsp3) is 0.452. The maximum Gasteiger partial charge on any atom is 0.257 e. The number of piperidine rings is 1. The third-order valence-corrected chi connectivity index (χ3v) is 12.8. The Bertz CT molecular complexity index is 1370. The molecule has 3 aromatic rings. The van der Waals surface area contributed by atoms with Crippen molar-refractivity contribution in [3.8, 4) is 11.5 Å². The van der Waals surface area contributed by atoms with Crippen LogP contribution in [0.3, 0.4) is 0 Å². The van der Waals surface area contributed by atoms with Gasteiger partial charge in [-0.1, -0.05) is 20.8 Å². The van der Waals surface area contributed by atoms with Gasteiger partial charge in [-0.2, -0.15) is 0 Å². The van der Waals surface area contributed by atoms with E-state index < -0.39 is 26.2 Å². The summed E-state index contributed by atoms with van der Waals surface area (Å²) in [5.41, 5.74) is 1.09. The maximum atomic E-state index is 14.7. The van der Waals surface area contributed by atoms with E-state index in [4.69, 9.17) is 9.16 Å². The normalized spacial score (nSPS) is 18.4. The predicted octanol–water partition coefficient (Wildman–Crippen LogP) is 7.38. The van der Waals surface area contributed by atoms with Crippen LogP contribution >= 0.6 is 0 Å². The summed E-state index contributed by atoms with van der Waals surface area (Å²) in [6.45, 7) is 12.7. The molecule has 3 heterocycles. The molecule has 1 N–H and O–H groups in total. The van der Waals surface area contributed by atoms with Crippen molar-refractivity contribution in [3.63, 3.8) is 0 Å². The smallest absolute Gasteiger partial charge is 0.257 e. The van der Waals surface area contributed by atoms with Crippen LogP contribution in [0.4, 0.5) is 19.0 Å². The average molecular weight is 601 g/mol. The first-order valence-corrected chi connectivity index (χ1v) is 17.0. The Morgan fingerprint density at radius 2 is 1.88 bits per heavy atom. The van der Waals surface area contributed by atoms with Gasteiger partial charge in [0.15, 0.2) is 8.32 Å². The Labute approximate surface area is 246 Å². The van der Waals surface area contributed by atoms with E-state index in [1.807, 2.05) is 0 Å². The van der Waals surface area contributed by atoms with E-state index in [2.05, 4.69) is 49.1 Å². The molecular weight excluding hydrogens is 561 g/mol. The van der Waals surface area contributed by atoms with Gasteiger partial charge in [0, 0.05) is 37.5 Å². The third kappa shape index (κ3) is 7.56. The number of nitrogens with one attached hydrogen (secondary N) is 1. The number of amides is 1. The lowest BCUT2D eigenvalue weighted by Crippen LogP contribution is -2.52. The minimum absolute atomic E-state index is 0.00340. The summed E-state index contributed by atoms with van der Waals surface area (Å²) in [5, 5.41) is 2.77. The molecule has 1 aromatic carbocycles. The van der Waals surface area contributed by atoms with Crippen LogP contribution in [0.15, 0.2) is 61.1 Å². The summed E-state index contributed by atoms with van der Waals surface area (Å²) in [4.78, 5) is 23.0. The molecule has 0 bridgehead atoms. The number of pyridine rings is 2. The van der Waals surface area contributed by atoms with Crippen LogP contribution in [-0.2, 0) is 15.8 Å². The van der Waals surface area contributed by atoms with E-state index in [0.717, 1.165) is 0 Å². The molecule has 42 heavy (non-hydrogen) atoms. The van der Waals surface area contributed by atoms with Gasteiger partial charge >= 0.3 is 0 Å². The minimum atomic E-state index is -2.87. The molecule has 1 aliphatic rings. The van der Waals surface area contributed by atoms with Crippen molar-refractivity contribution in [2.24, 2.45) is 0 Å². The summed E-state index contributed by atoms with van der Waals surface area (Å²) in [6, 6.07) is 10.1. The van der Waals surface area contributed by atoms with E-state index in [1.165, 1.54) is 30.7 Å². The van der Waals surface area contributed by atoms with Crippen LogP contribution < -0.4 is 10.1 Å². The molecule has 1 saturated heterocycles. The van der Waals surface area contributed by atoms with Crippen molar-refractivity contribution in [2.75, 3.05) is 18.4 Å². The summed E-state index contributed by atoms with van der Waals surface area (Å²) >= 11 is 0. The number of carbonyl (C=O) groups is 1. The van der Waals surface area contributed by atoms with E-state index in [-0.39, 0.29) is 42.9 Å². The number of aromatic nitrogens is 2. The highest BCUT2D eigenvalue weighted by atomic mass is 28.4. The van der Waals surface area contributed by atoms with Gasteiger partial charge < -0.3 is 14.5 Å². The molecular formula is C31H39F3N4O3Si. The van der Waals surface area contributed by atoms with Gasteiger partial charge in [-0.15, -0.1) is 0 Å². The van der Waals surface area contributed by atoms with Crippen LogP contribution in [0.25, 0.3) is 0 Å². The number of nitrogens with zero attached hydrogens (tertiary/aromatic N) is 3. The lowest BCUT2D eigenvalue weighted by atomic mass is 9.87. The van der Waals surface area contributed by atoms with Crippen LogP contribution in [0, 0.1) is 5.82 Å². The number of benzene rings is 1. The zero-order valence-electron chi connectivity index (χ0n) is 25.0. The molecule has 1 amide bonds. The number of halogens is 3. The number of hydrogen-bond acceptors (Lipinski definition) is 6. The molecule has 1 aliphatic heterocycles. The lowest BCUT2D eigenvalue weighted by Gasteiger charge is -2.40. The van der Waals surface area contributed by atoms with Crippen LogP contribution in [0.2, 0.25) is 18.1 Å². The van der Waals surface area contributed by atoms with E-state index in [0.29, 0.717) is 28.4 Å². The standard InChI is InChI=1S/C31H39F3N4O3Si/c1-21(38-16-13-31(33,34)26(19-38)22-11-14-35-15-12-22)29(39)37-28-10-8-25(18-36-28)41-27-9-7-24(32)17-23(27)20-40-42(5,6)30(2,3)4/h7-12,14-15,17-18,21,26H,13,16,19-20H2,1-6H3,(H,36,37,39)/t21?,26-/m1/s1. The lowest BCUT2D eigenvalue weighted by molar-refractivity contribution is -0.125. The fourth-order valence-electron chi connectivity index (χ4n) is 4.50. The number of alkyl halides is 2. The van der Waals surface area contributed by atoms with Crippen molar-refractivity contribution in [1.82, 2.24) is 14.9 Å². The van der Waals surface area contributed by atoms with Gasteiger partial charge in [-0.25, -0.2) is 18.2 Å². The average Bonchev–Trinajstić information content (AvgIpc) is 2.93. The molecule has 226 valence electrons. The van der Waals surface area contributed by atoms with Crippen molar-refractivity contribution in [3.05, 3.63) is 78.0 Å². The second kappa shape index (κ2) is 12.5. The molecule has 2 aromatic heterocycles. The van der Waals surface area contributed by atoms with Crippen molar-refractivity contribution < 1.29 is 27.1 Å². The Morgan fingerprint density at radius 1 is 1.17 bits per heavy atom. The van der Waals surface area contributed by atoms with Gasteiger partial charge in [-0.05, 0) is 73.1 Å². The fourth-order valence-corrected chi connectivity index (χ4v) is 5.45. The second-order valence-corrected chi connectivity index (χ2v) is 17.1. The summed E-state index contributed by atoms with van der Waals surface area (Å²) < 4.78 is 55.8. The molecule has 7 nitrogen and oxygen atoms in total. The Hall–Kier alpha value is -3.28. The summed E-state index contributed by atoms with van der Waals surface area (Å²) in [6.07, 6.45) is 4.12. The van der Waals surface area contributed by atoms with Gasteiger partial charge in [0.25, 0.3) is 5.92 Å². The Kier molecular flexibility index (Phi) is 9.44. The monoisotopic (exact) mass is 600 g/mol. The van der Waals surface area contributed by atoms with Crippen LogP contribution in [0.1, 0.15) is 51.2 Å². The quantitative estimate of drug-likeness (QED) is 0.258. The second-order valence-electron chi connectivity index (χ2n) is 12.3. The Balaban J connectivity index is 1.38. The molecule has 2 atom stereocenters. The SMILES string of the molecule is CC(C(=O)Nc1ccc(Oc2ccc(F)cc2CO[Si](C)(C)C(C)(C)C)cn1)N1CCC(F)(F)[C@@H](c2ccncc2)C1. The molecule has 4 rings (SSSR count). The maximum absolute atomic E-state index is 14.7. The molecule has 1 unspecified atom stereocenters. The largest absolute Gasteiger partial charge is 0.455 e. The zero-order chi connectivity index (χ0) is 30.7. The summed E-state index contributed by atoms with van der Waals surface area (Å²) in [5.74, 6) is -3.47. The highest BCUT2D eigenvalue weighted by Gasteiger charge is 2.46. The molecule has 1 fully saturated rings. The zero-order valence-corrected chi connectivity index (χ0v) is 26.0. The number of rotatable bonds is 9. The summed E-state index contributed by atoms with van der Waals surface area (Å²) in [7, 11) is -2.07. The Morgan fingerprint density at radius 3 is 2.52 bits per heavy atom. The number of carbonyl (C=O) groups excluding carboxylic acids is 1. The molecule has 11 heteroatoms. The van der Waals surface area contributed by atoms with Crippen LogP contribution in [-0.4, -0.2) is 54.1 Å². The first-order chi connectivity index (χ1) is 19.7. The van der Waals surface area contributed by atoms with Gasteiger partial charge in [-0.3, -0.25) is 14.7 Å². The van der Waals surface area contributed by atoms with Gasteiger partial charge in [0.1, 0.15) is 23.1 Å². The highest BCUT2D eigenvalue weighted by molar-refractivity contribution is 6.74. The number of hydrogen-bond donors (Lipinski definition) is 1. The highest BCUT2D eigenvalue weighted by Crippen LogP contribution is 2.41. The third-order valence-electron chi connectivity index (χ3n) is 8.33. The first kappa shape index (κ1) is 31.6. The number of ether oxygens (including phenoxy) is 1. The molecule has 0 radical (unpaired) electrons. The topological polar surface area (TPSA) is 76.6 Å². The first-order valence-electron chi connectivity index (χ1n) is 14.1. The molecule has 0 spiro atoms. The number of anilines is 1. The molecule has 0 aliphatic carbocycles. The van der Waals surface area contributed by atoms with Crippen molar-refractivity contribution in [1.29, 1.82) is 0 Å². The molecule has 0 saturated carbocycles. The van der Waals surface area contributed by atoms with E-state index in [1.54, 1.807) is 42.2 Å². The van der Waals surface area contributed by atoms with Gasteiger partial charge in [0.2, 0.25) is 5.91 Å². The predicted molar refractivity (Wildman–Crippen MR) is 159 cm³/mol.